The Kier molecular flexibility index (Phi) is 12.3. The largest absolute Gasteiger partial charge is 0.457 e. The Morgan fingerprint density at radius 3 is 1.25 bits per heavy atom. The lowest BCUT2D eigenvalue weighted by atomic mass is 9.31. The molecule has 93 heavy (non-hydrogen) atoms. The highest BCUT2D eigenvalue weighted by Crippen LogP contribution is 2.56. The summed E-state index contributed by atoms with van der Waals surface area (Å²) in [5.74, 6) is 3.13. The number of benzene rings is 11. The zero-order valence-electron chi connectivity index (χ0n) is 54.1. The summed E-state index contributed by atoms with van der Waals surface area (Å²) in [5.41, 5.74) is 25.5. The molecule has 2 aliphatic carbocycles. The van der Waals surface area contributed by atoms with Gasteiger partial charge >= 0.3 is 0 Å². The van der Waals surface area contributed by atoms with Crippen LogP contribution in [-0.4, -0.2) is 13.4 Å². The van der Waals surface area contributed by atoms with Crippen LogP contribution in [0.3, 0.4) is 0 Å². The Hall–Kier alpha value is -9.69. The smallest absolute Gasteiger partial charge is 0.264 e. The summed E-state index contributed by atoms with van der Waals surface area (Å²) < 4.78 is 16.9. The van der Waals surface area contributed by atoms with Gasteiger partial charge in [-0.3, -0.25) is 0 Å². The molecule has 5 heterocycles. The van der Waals surface area contributed by atoms with E-state index in [1.165, 1.54) is 70.1 Å². The molecule has 11 aromatic carbocycles. The van der Waals surface area contributed by atoms with Crippen LogP contribution in [0.15, 0.2) is 243 Å². The normalized spacial score (nSPS) is 16.9. The summed E-state index contributed by atoms with van der Waals surface area (Å²) >= 11 is 1.94. The first kappa shape index (κ1) is 56.1. The molecular weight excluding hydrogens is 1150 g/mol. The molecule has 0 atom stereocenters. The molecule has 0 bridgehead atoms. The Balaban J connectivity index is 0.989. The van der Waals surface area contributed by atoms with E-state index in [0.29, 0.717) is 0 Å². The van der Waals surface area contributed by atoms with Crippen LogP contribution in [0.2, 0.25) is 0 Å². The Morgan fingerprint density at radius 2 is 0.720 bits per heavy atom. The molecule has 0 fully saturated rings. The van der Waals surface area contributed by atoms with Crippen molar-refractivity contribution in [2.75, 3.05) is 19.6 Å². The van der Waals surface area contributed by atoms with Crippen molar-refractivity contribution in [2.24, 2.45) is 0 Å². The van der Waals surface area contributed by atoms with E-state index in [4.69, 9.17) is 9.47 Å². The lowest BCUT2D eigenvalue weighted by Gasteiger charge is -2.48. The third kappa shape index (κ3) is 8.61. The minimum Gasteiger partial charge on any atom is -0.457 e. The van der Waals surface area contributed by atoms with Gasteiger partial charge in [0.05, 0.1) is 5.69 Å². The zero-order valence-corrected chi connectivity index (χ0v) is 54.9. The van der Waals surface area contributed by atoms with E-state index in [9.17, 15) is 0 Å². The summed E-state index contributed by atoms with van der Waals surface area (Å²) in [6.07, 6.45) is 4.47. The average molecular weight is 1220 g/mol. The molecule has 18 rings (SSSR count). The summed E-state index contributed by atoms with van der Waals surface area (Å²) in [6.45, 7) is 19.2. The Bertz CT molecular complexity index is 5040. The number of hydrogen-bond acceptors (Lipinski definition) is 7. The SMILES string of the molecule is CC1(C)CCC(C)(C)c2cc(N3c4cc5c(cc4B4c6ccccc6N(c6ccccc6)c6cc(Oc7ccccc7)cc3c64)B3c4sc6ccccc6c4N(c4ccccc4)c4cc(Oc6ccccc6)cc(c43)N5c3ccc4c(c3)C(C)(C)CCC4(C)C)ccc21. The van der Waals surface area contributed by atoms with Crippen LogP contribution in [0.5, 0.6) is 23.0 Å². The highest BCUT2D eigenvalue weighted by molar-refractivity contribution is 7.33. The third-order valence-electron chi connectivity index (χ3n) is 21.8. The van der Waals surface area contributed by atoms with Gasteiger partial charge in [-0.2, -0.15) is 0 Å². The molecule has 12 aromatic rings. The predicted octanol–water partition coefficient (Wildman–Crippen LogP) is 19.3. The maximum Gasteiger partial charge on any atom is 0.264 e. The fourth-order valence-corrected chi connectivity index (χ4v) is 18.2. The van der Waals surface area contributed by atoms with E-state index >= 15 is 0 Å². The van der Waals surface area contributed by atoms with E-state index in [0.717, 1.165) is 111 Å². The van der Waals surface area contributed by atoms with Gasteiger partial charge in [-0.1, -0.05) is 183 Å². The predicted molar refractivity (Wildman–Crippen MR) is 393 cm³/mol. The van der Waals surface area contributed by atoms with Gasteiger partial charge in [-0.15, -0.1) is 11.3 Å². The minimum atomic E-state index is -0.171. The summed E-state index contributed by atoms with van der Waals surface area (Å²) in [6, 6.07) is 90.4. The second-order valence-corrected chi connectivity index (χ2v) is 30.4. The van der Waals surface area contributed by atoms with Crippen molar-refractivity contribution in [1.29, 1.82) is 0 Å². The van der Waals surface area contributed by atoms with Crippen LogP contribution in [0.25, 0.3) is 10.1 Å². The molecule has 6 nitrogen and oxygen atoms in total. The highest BCUT2D eigenvalue weighted by atomic mass is 32.1. The number of rotatable bonds is 8. The standard InChI is InChI=1S/C84H72B2N4O2S/c1-81(2)41-43-83(5,6)64-45-55(37-39-62(64)81)88-70-52-71-68(51-67(70)85-66-34-22-23-35-69(66)87(53-25-13-9-14-26-53)72-47-59(48-73(88)77(72)85)91-57-29-17-11-18-30-57)86-78-74(89(71)56-38-40-63-65(46-56)84(7,8)44-42-82(63,3)4)49-60(92-58-31-19-12-20-32-58)50-75(78)90(54-27-15-10-16-28-54)79-61-33-21-24-36-76(61)93-80(79)86/h9-40,45-52H,41-44H2,1-8H3. The van der Waals surface area contributed by atoms with Crippen LogP contribution >= 0.6 is 11.3 Å². The van der Waals surface area contributed by atoms with Crippen LogP contribution in [-0.2, 0) is 21.7 Å². The van der Waals surface area contributed by atoms with Crippen LogP contribution in [0.1, 0.15) is 103 Å². The number of nitrogens with zero attached hydrogens (tertiary/aromatic N) is 4. The van der Waals surface area contributed by atoms with E-state index in [2.05, 4.69) is 318 Å². The molecule has 4 aliphatic heterocycles. The van der Waals surface area contributed by atoms with Crippen molar-refractivity contribution in [3.8, 4) is 23.0 Å². The first-order chi connectivity index (χ1) is 45.1. The topological polar surface area (TPSA) is 31.4 Å². The van der Waals surface area contributed by atoms with Gasteiger partial charge in [0.25, 0.3) is 13.4 Å². The number of anilines is 12. The van der Waals surface area contributed by atoms with Crippen molar-refractivity contribution >= 4 is 135 Å². The van der Waals surface area contributed by atoms with Crippen molar-refractivity contribution in [3.05, 3.63) is 265 Å². The first-order valence-electron chi connectivity index (χ1n) is 33.3. The summed E-state index contributed by atoms with van der Waals surface area (Å²) in [7, 11) is 0. The van der Waals surface area contributed by atoms with Crippen LogP contribution < -0.4 is 61.2 Å². The van der Waals surface area contributed by atoms with E-state index < -0.39 is 0 Å². The minimum absolute atomic E-state index is 0.0184. The molecule has 0 saturated heterocycles. The van der Waals surface area contributed by atoms with Crippen molar-refractivity contribution in [2.45, 2.75) is 103 Å². The number of hydrogen-bond donors (Lipinski definition) is 0. The van der Waals surface area contributed by atoms with Crippen molar-refractivity contribution < 1.29 is 9.47 Å². The zero-order chi connectivity index (χ0) is 62.9. The van der Waals surface area contributed by atoms with Gasteiger partial charge < -0.3 is 29.1 Å². The van der Waals surface area contributed by atoms with Crippen LogP contribution in [0, 0.1) is 0 Å². The van der Waals surface area contributed by atoms with Gasteiger partial charge in [0.1, 0.15) is 23.0 Å². The molecule has 0 spiro atoms. The van der Waals surface area contributed by atoms with Gasteiger partial charge in [-0.25, -0.2) is 0 Å². The molecular formula is C84H72B2N4O2S. The molecule has 0 unspecified atom stereocenters. The molecule has 452 valence electrons. The molecule has 0 amide bonds. The summed E-state index contributed by atoms with van der Waals surface area (Å²) in [5, 5.41) is 1.24. The Morgan fingerprint density at radius 1 is 0.312 bits per heavy atom. The quantitative estimate of drug-likeness (QED) is 0.141. The van der Waals surface area contributed by atoms with E-state index in [-0.39, 0.29) is 35.1 Å². The maximum absolute atomic E-state index is 7.19. The number of para-hydroxylation sites is 5. The first-order valence-corrected chi connectivity index (χ1v) is 34.1. The fourth-order valence-electron chi connectivity index (χ4n) is 16.9. The molecule has 9 heteroatoms. The monoisotopic (exact) mass is 1220 g/mol. The fraction of sp³-hybridized carbons (Fsp3) is 0.190. The van der Waals surface area contributed by atoms with Gasteiger partial charge in [-0.05, 0) is 188 Å². The number of fused-ring (bicyclic) bond motifs is 12. The van der Waals surface area contributed by atoms with Crippen molar-refractivity contribution in [3.63, 3.8) is 0 Å². The third-order valence-corrected chi connectivity index (χ3v) is 23.0. The van der Waals surface area contributed by atoms with E-state index in [1.807, 2.05) is 11.3 Å². The highest BCUT2D eigenvalue weighted by Gasteiger charge is 2.51. The number of ether oxygens (including phenoxy) is 2. The Labute approximate surface area is 551 Å². The average Bonchev–Trinajstić information content (AvgIpc) is 1.60. The molecule has 1 aromatic heterocycles. The van der Waals surface area contributed by atoms with E-state index in [1.54, 1.807) is 0 Å². The second kappa shape index (κ2) is 20.4. The number of thiophene rings is 1. The summed E-state index contributed by atoms with van der Waals surface area (Å²) in [4.78, 5) is 10.3. The molecule has 6 aliphatic rings. The van der Waals surface area contributed by atoms with Gasteiger partial charge in [0.15, 0.2) is 0 Å². The molecule has 0 radical (unpaired) electrons. The van der Waals surface area contributed by atoms with Gasteiger partial charge in [0, 0.05) is 102 Å². The maximum atomic E-state index is 7.19. The molecule has 0 N–H and O–H groups in total. The lowest BCUT2D eigenvalue weighted by molar-refractivity contribution is 0.332. The van der Waals surface area contributed by atoms with Crippen LogP contribution in [0.4, 0.5) is 68.2 Å². The lowest BCUT2D eigenvalue weighted by Crippen LogP contribution is -2.65. The van der Waals surface area contributed by atoms with Crippen molar-refractivity contribution in [1.82, 2.24) is 0 Å². The van der Waals surface area contributed by atoms with Gasteiger partial charge in [0.2, 0.25) is 0 Å². The second-order valence-electron chi connectivity index (χ2n) is 29.3. The molecule has 0 saturated carbocycles.